The fourth-order valence-corrected chi connectivity index (χ4v) is 3.63. The molecule has 3 N–H and O–H groups in total. The normalized spacial score (nSPS) is 23.2. The third-order valence-electron chi connectivity index (χ3n) is 4.95. The lowest BCUT2D eigenvalue weighted by atomic mass is 10.1. The van der Waals surface area contributed by atoms with E-state index in [0.29, 0.717) is 17.9 Å². The SMILES string of the molecule is Cc1[nH]nc2ccc(C(=O)N[C@@H]3CC(Cn4cccn4)C[C@H]3O)cc12. The minimum atomic E-state index is -0.524. The first-order valence-corrected chi connectivity index (χ1v) is 8.51. The summed E-state index contributed by atoms with van der Waals surface area (Å²) >= 11 is 0. The molecule has 25 heavy (non-hydrogen) atoms. The summed E-state index contributed by atoms with van der Waals surface area (Å²) in [5.74, 6) is 0.144. The van der Waals surface area contributed by atoms with Crippen LogP contribution in [0.2, 0.25) is 0 Å². The highest BCUT2D eigenvalue weighted by Crippen LogP contribution is 2.28. The molecule has 1 amide bonds. The van der Waals surface area contributed by atoms with Gasteiger partial charge in [-0.1, -0.05) is 0 Å². The quantitative estimate of drug-likeness (QED) is 0.673. The Morgan fingerprint density at radius 3 is 3.12 bits per heavy atom. The number of H-pyrrole nitrogens is 1. The number of aromatic nitrogens is 4. The summed E-state index contributed by atoms with van der Waals surface area (Å²) in [7, 11) is 0. The molecule has 0 bridgehead atoms. The van der Waals surface area contributed by atoms with Crippen molar-refractivity contribution < 1.29 is 9.90 Å². The number of carbonyl (C=O) groups is 1. The van der Waals surface area contributed by atoms with Gasteiger partial charge in [0, 0.05) is 35.6 Å². The Balaban J connectivity index is 1.43. The molecule has 2 heterocycles. The molecule has 1 aliphatic carbocycles. The van der Waals surface area contributed by atoms with Gasteiger partial charge in [0.1, 0.15) is 0 Å². The third kappa shape index (κ3) is 3.15. The van der Waals surface area contributed by atoms with Gasteiger partial charge in [-0.3, -0.25) is 14.6 Å². The number of amides is 1. The maximum atomic E-state index is 12.6. The molecule has 130 valence electrons. The maximum Gasteiger partial charge on any atom is 0.251 e. The van der Waals surface area contributed by atoms with Crippen molar-refractivity contribution in [3.05, 3.63) is 47.9 Å². The summed E-state index contributed by atoms with van der Waals surface area (Å²) in [6, 6.07) is 7.10. The Kier molecular flexibility index (Phi) is 4.01. The Morgan fingerprint density at radius 2 is 2.32 bits per heavy atom. The molecule has 1 unspecified atom stereocenters. The molecule has 1 aromatic carbocycles. The zero-order chi connectivity index (χ0) is 17.4. The number of aryl methyl sites for hydroxylation is 1. The van der Waals surface area contributed by atoms with Crippen molar-refractivity contribution in [2.75, 3.05) is 0 Å². The van der Waals surface area contributed by atoms with Gasteiger partial charge in [0.15, 0.2) is 0 Å². The van der Waals surface area contributed by atoms with Crippen LogP contribution in [0.3, 0.4) is 0 Å². The second-order valence-electron chi connectivity index (χ2n) is 6.79. The standard InChI is InChI=1S/C18H21N5O2/c1-11-14-9-13(3-4-15(14)22-21-11)18(25)20-16-7-12(8-17(16)24)10-23-6-2-5-19-23/h2-6,9,12,16-17,24H,7-8,10H2,1H3,(H,20,25)(H,21,22)/t12?,16-,17-/m1/s1. The van der Waals surface area contributed by atoms with Crippen LogP contribution in [0.15, 0.2) is 36.7 Å². The van der Waals surface area contributed by atoms with Crippen LogP contribution in [0, 0.1) is 12.8 Å². The molecular formula is C18H21N5O2. The lowest BCUT2D eigenvalue weighted by molar-refractivity contribution is 0.0873. The number of aliphatic hydroxyl groups is 1. The molecule has 4 rings (SSSR count). The summed E-state index contributed by atoms with van der Waals surface area (Å²) in [5, 5.41) is 25.5. The summed E-state index contributed by atoms with van der Waals surface area (Å²) in [6.45, 7) is 2.69. The van der Waals surface area contributed by atoms with E-state index in [2.05, 4.69) is 20.6 Å². The van der Waals surface area contributed by atoms with E-state index in [-0.39, 0.29) is 11.9 Å². The number of hydrogen-bond acceptors (Lipinski definition) is 4. The van der Waals surface area contributed by atoms with Gasteiger partial charge in [0.05, 0.1) is 17.7 Å². The molecule has 1 saturated carbocycles. The first kappa shape index (κ1) is 15.8. The molecule has 3 atom stereocenters. The van der Waals surface area contributed by atoms with Gasteiger partial charge in [-0.2, -0.15) is 10.2 Å². The topological polar surface area (TPSA) is 95.8 Å². The number of nitrogens with zero attached hydrogens (tertiary/aromatic N) is 3. The van der Waals surface area contributed by atoms with Crippen molar-refractivity contribution in [3.63, 3.8) is 0 Å². The first-order chi connectivity index (χ1) is 12.1. The second-order valence-corrected chi connectivity index (χ2v) is 6.79. The van der Waals surface area contributed by atoms with Crippen molar-refractivity contribution >= 4 is 16.8 Å². The molecule has 0 saturated heterocycles. The molecule has 0 radical (unpaired) electrons. The van der Waals surface area contributed by atoms with Crippen molar-refractivity contribution in [3.8, 4) is 0 Å². The molecule has 7 nitrogen and oxygen atoms in total. The number of nitrogens with one attached hydrogen (secondary N) is 2. The fourth-order valence-electron chi connectivity index (χ4n) is 3.63. The van der Waals surface area contributed by atoms with Gasteiger partial charge in [-0.25, -0.2) is 0 Å². The number of carbonyl (C=O) groups excluding carboxylic acids is 1. The van der Waals surface area contributed by atoms with Crippen molar-refractivity contribution in [1.29, 1.82) is 0 Å². The Bertz CT molecular complexity index is 886. The van der Waals surface area contributed by atoms with Crippen LogP contribution >= 0.6 is 0 Å². The molecule has 7 heteroatoms. The van der Waals surface area contributed by atoms with Crippen molar-refractivity contribution in [2.45, 2.75) is 38.5 Å². The van der Waals surface area contributed by atoms with Gasteiger partial charge in [0.25, 0.3) is 5.91 Å². The average Bonchev–Trinajstić information content (AvgIpc) is 3.31. The molecule has 2 aromatic heterocycles. The predicted octanol–water partition coefficient (Wildman–Crippen LogP) is 1.64. The third-order valence-corrected chi connectivity index (χ3v) is 4.95. The molecule has 0 spiro atoms. The van der Waals surface area contributed by atoms with E-state index in [9.17, 15) is 9.90 Å². The molecule has 1 fully saturated rings. The summed E-state index contributed by atoms with van der Waals surface area (Å²) in [6.07, 6.45) is 4.56. The Hall–Kier alpha value is -2.67. The van der Waals surface area contributed by atoms with E-state index in [4.69, 9.17) is 0 Å². The maximum absolute atomic E-state index is 12.6. The second kappa shape index (κ2) is 6.33. The number of rotatable bonds is 4. The minimum Gasteiger partial charge on any atom is -0.391 e. The van der Waals surface area contributed by atoms with Crippen LogP contribution in [0.5, 0.6) is 0 Å². The number of aromatic amines is 1. The molecule has 3 aromatic rings. The fraction of sp³-hybridized carbons (Fsp3) is 0.389. The van der Waals surface area contributed by atoms with Gasteiger partial charge in [0.2, 0.25) is 0 Å². The first-order valence-electron chi connectivity index (χ1n) is 8.51. The van der Waals surface area contributed by atoms with Gasteiger partial charge < -0.3 is 10.4 Å². The summed E-state index contributed by atoms with van der Waals surface area (Å²) in [4.78, 5) is 12.6. The van der Waals surface area contributed by atoms with Gasteiger partial charge in [-0.15, -0.1) is 0 Å². The monoisotopic (exact) mass is 339 g/mol. The van der Waals surface area contributed by atoms with E-state index in [1.807, 2.05) is 36.0 Å². The van der Waals surface area contributed by atoms with Crippen LogP contribution in [0.4, 0.5) is 0 Å². The van der Waals surface area contributed by atoms with Crippen LogP contribution in [-0.2, 0) is 6.54 Å². The lowest BCUT2D eigenvalue weighted by Crippen LogP contribution is -2.39. The van der Waals surface area contributed by atoms with E-state index in [1.54, 1.807) is 12.3 Å². The van der Waals surface area contributed by atoms with Crippen LogP contribution in [0.25, 0.3) is 10.9 Å². The van der Waals surface area contributed by atoms with E-state index >= 15 is 0 Å². The number of benzene rings is 1. The number of hydrogen-bond donors (Lipinski definition) is 3. The lowest BCUT2D eigenvalue weighted by Gasteiger charge is -2.16. The van der Waals surface area contributed by atoms with Crippen LogP contribution in [-0.4, -0.2) is 43.1 Å². The van der Waals surface area contributed by atoms with Gasteiger partial charge in [-0.05, 0) is 49.9 Å². The zero-order valence-corrected chi connectivity index (χ0v) is 14.0. The number of aliphatic hydroxyl groups excluding tert-OH is 1. The highest BCUT2D eigenvalue weighted by molar-refractivity contribution is 5.98. The van der Waals surface area contributed by atoms with Crippen LogP contribution < -0.4 is 5.32 Å². The van der Waals surface area contributed by atoms with E-state index in [0.717, 1.165) is 29.6 Å². The summed E-state index contributed by atoms with van der Waals surface area (Å²) < 4.78 is 1.87. The average molecular weight is 339 g/mol. The van der Waals surface area contributed by atoms with E-state index < -0.39 is 6.10 Å². The van der Waals surface area contributed by atoms with Crippen molar-refractivity contribution in [2.24, 2.45) is 5.92 Å². The van der Waals surface area contributed by atoms with Crippen molar-refractivity contribution in [1.82, 2.24) is 25.3 Å². The molecule has 0 aliphatic heterocycles. The van der Waals surface area contributed by atoms with Crippen LogP contribution in [0.1, 0.15) is 28.9 Å². The highest BCUT2D eigenvalue weighted by Gasteiger charge is 2.34. The largest absolute Gasteiger partial charge is 0.391 e. The molecular weight excluding hydrogens is 318 g/mol. The minimum absolute atomic E-state index is 0.161. The zero-order valence-electron chi connectivity index (χ0n) is 14.0. The highest BCUT2D eigenvalue weighted by atomic mass is 16.3. The smallest absolute Gasteiger partial charge is 0.251 e. The predicted molar refractivity (Wildman–Crippen MR) is 93.0 cm³/mol. The Morgan fingerprint density at radius 1 is 1.44 bits per heavy atom. The summed E-state index contributed by atoms with van der Waals surface area (Å²) in [5.41, 5.74) is 2.36. The molecule has 1 aliphatic rings. The van der Waals surface area contributed by atoms with Gasteiger partial charge >= 0.3 is 0 Å². The Labute approximate surface area is 145 Å². The van der Waals surface area contributed by atoms with E-state index in [1.165, 1.54) is 0 Å². The number of fused-ring (bicyclic) bond motifs is 1.